The van der Waals surface area contributed by atoms with Crippen molar-refractivity contribution in [2.24, 2.45) is 0 Å². The van der Waals surface area contributed by atoms with E-state index in [0.29, 0.717) is 17.3 Å². The number of unbranched alkanes of at least 4 members (excludes halogenated alkanes) is 2. The second kappa shape index (κ2) is 9.39. The van der Waals surface area contributed by atoms with Crippen molar-refractivity contribution in [3.05, 3.63) is 77.9 Å². The summed E-state index contributed by atoms with van der Waals surface area (Å²) in [4.78, 5) is 22.9. The Bertz CT molecular complexity index is 1030. The summed E-state index contributed by atoms with van der Waals surface area (Å²) >= 11 is 0. The van der Waals surface area contributed by atoms with Crippen LogP contribution in [-0.2, 0) is 15.5 Å². The van der Waals surface area contributed by atoms with Crippen LogP contribution < -0.4 is 5.30 Å². The highest BCUT2D eigenvalue weighted by atomic mass is 31.2. The second-order valence-electron chi connectivity index (χ2n) is 7.49. The molecule has 0 radical (unpaired) electrons. The van der Waals surface area contributed by atoms with Gasteiger partial charge in [0.2, 0.25) is 7.37 Å². The Labute approximate surface area is 171 Å². The molecule has 5 heteroatoms. The van der Waals surface area contributed by atoms with E-state index in [2.05, 4.69) is 6.92 Å². The van der Waals surface area contributed by atoms with E-state index in [1.54, 1.807) is 12.1 Å². The molecule has 152 valence electrons. The van der Waals surface area contributed by atoms with Gasteiger partial charge in [-0.15, -0.1) is 0 Å². The lowest BCUT2D eigenvalue weighted by molar-refractivity contribution is -0.139. The molecule has 3 aromatic rings. The van der Waals surface area contributed by atoms with Gasteiger partial charge < -0.3 is 10.00 Å². The lowest BCUT2D eigenvalue weighted by Crippen LogP contribution is -2.16. The maximum Gasteiger partial charge on any atom is 0.310 e. The van der Waals surface area contributed by atoms with E-state index < -0.39 is 19.3 Å². The van der Waals surface area contributed by atoms with Crippen molar-refractivity contribution >= 4 is 29.4 Å². The van der Waals surface area contributed by atoms with Gasteiger partial charge in [-0.3, -0.25) is 9.36 Å². The van der Waals surface area contributed by atoms with Crippen molar-refractivity contribution < 1.29 is 19.4 Å². The summed E-state index contributed by atoms with van der Waals surface area (Å²) < 4.78 is 13.2. The molecule has 0 aliphatic heterocycles. The second-order valence-corrected chi connectivity index (χ2v) is 9.72. The molecule has 0 fully saturated rings. The molecular formula is C24H27O4P. The fourth-order valence-electron chi connectivity index (χ4n) is 3.75. The van der Waals surface area contributed by atoms with E-state index >= 15 is 0 Å². The molecule has 2 unspecified atom stereocenters. The van der Waals surface area contributed by atoms with Gasteiger partial charge >= 0.3 is 5.97 Å². The minimum Gasteiger partial charge on any atom is -0.481 e. The summed E-state index contributed by atoms with van der Waals surface area (Å²) in [5.74, 6) is -1.58. The van der Waals surface area contributed by atoms with Gasteiger partial charge in [0.1, 0.15) is 0 Å². The minimum absolute atomic E-state index is 0.0270. The molecular weight excluding hydrogens is 383 g/mol. The van der Waals surface area contributed by atoms with Crippen LogP contribution in [0.2, 0.25) is 0 Å². The van der Waals surface area contributed by atoms with Crippen LogP contribution in [0.4, 0.5) is 0 Å². The van der Waals surface area contributed by atoms with Crippen molar-refractivity contribution in [2.75, 3.05) is 0 Å². The van der Waals surface area contributed by atoms with E-state index in [0.717, 1.165) is 35.6 Å². The molecule has 0 bridgehead atoms. The van der Waals surface area contributed by atoms with Gasteiger partial charge in [-0.1, -0.05) is 80.8 Å². The molecule has 2 N–H and O–H groups in total. The SMILES string of the molecule is CCCCCC(C(=O)O)c1cc(P(=O)(O)Cc2ccccc2)cc2ccccc12. The van der Waals surface area contributed by atoms with Crippen molar-refractivity contribution in [1.29, 1.82) is 0 Å². The first-order valence-corrected chi connectivity index (χ1v) is 11.9. The summed E-state index contributed by atoms with van der Waals surface area (Å²) in [6, 6.07) is 20.1. The van der Waals surface area contributed by atoms with E-state index in [1.807, 2.05) is 54.6 Å². The topological polar surface area (TPSA) is 74.6 Å². The van der Waals surface area contributed by atoms with Crippen LogP contribution in [-0.4, -0.2) is 16.0 Å². The lowest BCUT2D eigenvalue weighted by atomic mass is 9.89. The third kappa shape index (κ3) is 5.14. The molecule has 0 aromatic heterocycles. The van der Waals surface area contributed by atoms with Crippen molar-refractivity contribution in [1.82, 2.24) is 0 Å². The number of carboxylic acid groups (broad SMARTS) is 1. The fourth-order valence-corrected chi connectivity index (χ4v) is 5.32. The number of carboxylic acids is 1. The number of benzene rings is 3. The molecule has 29 heavy (non-hydrogen) atoms. The van der Waals surface area contributed by atoms with Crippen molar-refractivity contribution in [2.45, 2.75) is 44.7 Å². The largest absolute Gasteiger partial charge is 0.481 e. The Hall–Kier alpha value is -2.42. The third-order valence-electron chi connectivity index (χ3n) is 5.29. The van der Waals surface area contributed by atoms with E-state index in [1.165, 1.54) is 0 Å². The zero-order valence-electron chi connectivity index (χ0n) is 16.6. The summed E-state index contributed by atoms with van der Waals surface area (Å²) in [6.07, 6.45) is 3.33. The molecule has 2 atom stereocenters. The Morgan fingerprint density at radius 3 is 2.38 bits per heavy atom. The first-order valence-electron chi connectivity index (χ1n) is 10.0. The highest BCUT2D eigenvalue weighted by Gasteiger charge is 2.27. The van der Waals surface area contributed by atoms with Crippen LogP contribution in [0.15, 0.2) is 66.7 Å². The predicted octanol–water partition coefficient (Wildman–Crippen LogP) is 5.68. The van der Waals surface area contributed by atoms with Gasteiger partial charge in [-0.2, -0.15) is 0 Å². The number of hydrogen-bond acceptors (Lipinski definition) is 2. The molecule has 0 saturated carbocycles. The minimum atomic E-state index is -3.69. The number of fused-ring (bicyclic) bond motifs is 1. The van der Waals surface area contributed by atoms with Gasteiger partial charge in [0.15, 0.2) is 0 Å². The maximum absolute atomic E-state index is 13.2. The van der Waals surface area contributed by atoms with Gasteiger partial charge in [-0.05, 0) is 40.5 Å². The van der Waals surface area contributed by atoms with Gasteiger partial charge in [-0.25, -0.2) is 0 Å². The molecule has 0 amide bonds. The molecule has 0 saturated heterocycles. The van der Waals surface area contributed by atoms with E-state index in [9.17, 15) is 19.4 Å². The monoisotopic (exact) mass is 410 g/mol. The van der Waals surface area contributed by atoms with Crippen LogP contribution in [0, 0.1) is 0 Å². The highest BCUT2D eigenvalue weighted by Crippen LogP contribution is 2.45. The first kappa shape index (κ1) is 21.3. The Kier molecular flexibility index (Phi) is 6.89. The van der Waals surface area contributed by atoms with Crippen LogP contribution in [0.25, 0.3) is 10.8 Å². The summed E-state index contributed by atoms with van der Waals surface area (Å²) in [7, 11) is -3.69. The Balaban J connectivity index is 2.07. The summed E-state index contributed by atoms with van der Waals surface area (Å²) in [6.45, 7) is 2.08. The Morgan fingerprint density at radius 1 is 1.00 bits per heavy atom. The lowest BCUT2D eigenvalue weighted by Gasteiger charge is -2.19. The summed E-state index contributed by atoms with van der Waals surface area (Å²) in [5.41, 5.74) is 1.41. The van der Waals surface area contributed by atoms with Crippen LogP contribution in [0.1, 0.15) is 49.7 Å². The molecule has 0 aliphatic rings. The standard InChI is InChI=1S/C24H27O4P/c1-2-3-5-14-22(24(25)26)23-16-20(15-19-12-8-9-13-21(19)23)29(27,28)17-18-10-6-4-7-11-18/h4,6-13,15-16,22H,2-3,5,14,17H2,1H3,(H,25,26)(H,27,28). The smallest absolute Gasteiger partial charge is 0.310 e. The zero-order chi connectivity index (χ0) is 20.9. The molecule has 3 rings (SSSR count). The number of rotatable bonds is 9. The van der Waals surface area contributed by atoms with Crippen molar-refractivity contribution in [3.63, 3.8) is 0 Å². The number of carbonyl (C=O) groups is 1. The zero-order valence-corrected chi connectivity index (χ0v) is 17.5. The van der Waals surface area contributed by atoms with Crippen molar-refractivity contribution in [3.8, 4) is 0 Å². The van der Waals surface area contributed by atoms with E-state index in [-0.39, 0.29) is 6.16 Å². The van der Waals surface area contributed by atoms with Gasteiger partial charge in [0, 0.05) is 5.30 Å². The fraction of sp³-hybridized carbons (Fsp3) is 0.292. The highest BCUT2D eigenvalue weighted by molar-refractivity contribution is 7.65. The molecule has 0 aliphatic carbocycles. The normalized spacial score (nSPS) is 14.4. The number of aliphatic carboxylic acids is 1. The third-order valence-corrected chi connectivity index (χ3v) is 7.15. The van der Waals surface area contributed by atoms with Gasteiger partial charge in [0.05, 0.1) is 12.1 Å². The molecule has 0 spiro atoms. The predicted molar refractivity (Wildman–Crippen MR) is 118 cm³/mol. The molecule has 0 heterocycles. The maximum atomic E-state index is 13.2. The molecule has 3 aromatic carbocycles. The quantitative estimate of drug-likeness (QED) is 0.351. The molecule has 4 nitrogen and oxygen atoms in total. The van der Waals surface area contributed by atoms with E-state index in [4.69, 9.17) is 0 Å². The van der Waals surface area contributed by atoms with Gasteiger partial charge in [0.25, 0.3) is 0 Å². The van der Waals surface area contributed by atoms with Crippen LogP contribution in [0.5, 0.6) is 0 Å². The first-order chi connectivity index (χ1) is 13.9. The van der Waals surface area contributed by atoms with Crippen LogP contribution >= 0.6 is 7.37 Å². The van der Waals surface area contributed by atoms with Crippen LogP contribution in [0.3, 0.4) is 0 Å². The number of hydrogen-bond donors (Lipinski definition) is 2. The average Bonchev–Trinajstić information content (AvgIpc) is 2.71. The Morgan fingerprint density at radius 2 is 1.69 bits per heavy atom. The summed E-state index contributed by atoms with van der Waals surface area (Å²) in [5, 5.41) is 11.8. The average molecular weight is 410 g/mol.